The van der Waals surface area contributed by atoms with Crippen molar-refractivity contribution in [1.82, 2.24) is 4.90 Å². The van der Waals surface area contributed by atoms with E-state index in [-0.39, 0.29) is 11.8 Å². The average Bonchev–Trinajstić information content (AvgIpc) is 3.06. The molecule has 0 bridgehead atoms. The summed E-state index contributed by atoms with van der Waals surface area (Å²) < 4.78 is 12.0. The van der Waals surface area contributed by atoms with Gasteiger partial charge < -0.3 is 19.5 Å². The smallest absolute Gasteiger partial charge is 0.304 e. The van der Waals surface area contributed by atoms with Crippen molar-refractivity contribution in [1.29, 1.82) is 0 Å². The molecule has 0 aromatic heterocycles. The van der Waals surface area contributed by atoms with Crippen molar-refractivity contribution in [2.45, 2.75) is 38.2 Å². The zero-order valence-electron chi connectivity index (χ0n) is 16.6. The number of likely N-dealkylation sites (tertiary alicyclic amines) is 1. The lowest BCUT2D eigenvalue weighted by atomic mass is 9.74. The van der Waals surface area contributed by atoms with Crippen LogP contribution in [0.4, 0.5) is 0 Å². The number of aryl methyl sites for hydroxylation is 1. The van der Waals surface area contributed by atoms with E-state index < -0.39 is 5.97 Å². The minimum Gasteiger partial charge on any atom is -0.492 e. The number of hydrogen-bond donors (Lipinski definition) is 1. The van der Waals surface area contributed by atoms with Crippen LogP contribution in [0.15, 0.2) is 36.4 Å². The summed E-state index contributed by atoms with van der Waals surface area (Å²) >= 11 is 6.26. The molecule has 1 fully saturated rings. The van der Waals surface area contributed by atoms with Gasteiger partial charge in [-0.3, -0.25) is 4.79 Å². The average molecular weight is 416 g/mol. The van der Waals surface area contributed by atoms with E-state index in [0.29, 0.717) is 24.8 Å². The van der Waals surface area contributed by atoms with Crippen LogP contribution in [0.3, 0.4) is 0 Å². The molecule has 4 rings (SSSR count). The summed E-state index contributed by atoms with van der Waals surface area (Å²) in [6.07, 6.45) is 2.17. The maximum atomic E-state index is 10.8. The third-order valence-corrected chi connectivity index (χ3v) is 6.45. The summed E-state index contributed by atoms with van der Waals surface area (Å²) in [7, 11) is 0. The van der Waals surface area contributed by atoms with E-state index >= 15 is 0 Å². The predicted octanol–water partition coefficient (Wildman–Crippen LogP) is 4.43. The highest BCUT2D eigenvalue weighted by Gasteiger charge is 2.43. The first-order valence-electron chi connectivity index (χ1n) is 10.0. The molecule has 2 aliphatic heterocycles. The Morgan fingerprint density at radius 2 is 2.03 bits per heavy atom. The maximum Gasteiger partial charge on any atom is 0.304 e. The van der Waals surface area contributed by atoms with Gasteiger partial charge in [-0.1, -0.05) is 35.4 Å². The Bertz CT molecular complexity index is 906. The quantitative estimate of drug-likeness (QED) is 0.756. The van der Waals surface area contributed by atoms with Gasteiger partial charge in [-0.25, -0.2) is 0 Å². The Hall–Kier alpha value is -2.24. The molecule has 2 heterocycles. The van der Waals surface area contributed by atoms with Crippen LogP contribution in [0.5, 0.6) is 11.5 Å². The molecule has 0 unspecified atom stereocenters. The van der Waals surface area contributed by atoms with Crippen LogP contribution in [0.1, 0.15) is 36.0 Å². The zero-order chi connectivity index (χ0) is 20.4. The maximum absolute atomic E-state index is 10.8. The third kappa shape index (κ3) is 4.36. The minimum atomic E-state index is -0.737. The SMILES string of the molecule is Cc1ccc(Cl)c(COc2ccc3c(c2)OCC32CCN(CCC(=O)O)CC2)c1. The van der Waals surface area contributed by atoms with Gasteiger partial charge in [0.2, 0.25) is 0 Å². The zero-order valence-corrected chi connectivity index (χ0v) is 17.4. The lowest BCUT2D eigenvalue weighted by Gasteiger charge is -2.38. The van der Waals surface area contributed by atoms with Crippen molar-refractivity contribution < 1.29 is 19.4 Å². The predicted molar refractivity (Wildman–Crippen MR) is 112 cm³/mol. The fraction of sp³-hybridized carbons (Fsp3) is 0.435. The molecule has 0 aliphatic carbocycles. The summed E-state index contributed by atoms with van der Waals surface area (Å²) in [5, 5.41) is 9.59. The van der Waals surface area contributed by atoms with E-state index in [0.717, 1.165) is 48.6 Å². The molecule has 1 spiro atoms. The van der Waals surface area contributed by atoms with Crippen LogP contribution >= 0.6 is 11.6 Å². The van der Waals surface area contributed by atoms with Crippen molar-refractivity contribution in [2.24, 2.45) is 0 Å². The van der Waals surface area contributed by atoms with E-state index in [2.05, 4.69) is 11.0 Å². The second-order valence-corrected chi connectivity index (χ2v) is 8.50. The number of carbonyl (C=O) groups is 1. The molecule has 2 aliphatic rings. The fourth-order valence-electron chi connectivity index (χ4n) is 4.29. The Kier molecular flexibility index (Phi) is 5.70. The molecule has 2 aromatic carbocycles. The first-order valence-corrected chi connectivity index (χ1v) is 10.4. The Labute approximate surface area is 176 Å². The molecule has 1 N–H and O–H groups in total. The molecular formula is C23H26ClNO4. The first kappa shape index (κ1) is 20.0. The number of fused-ring (bicyclic) bond motifs is 2. The van der Waals surface area contributed by atoms with Crippen LogP contribution in [0.25, 0.3) is 0 Å². The van der Waals surface area contributed by atoms with Crippen LogP contribution in [0.2, 0.25) is 5.02 Å². The van der Waals surface area contributed by atoms with Gasteiger partial charge in [0.25, 0.3) is 0 Å². The van der Waals surface area contributed by atoms with Crippen LogP contribution < -0.4 is 9.47 Å². The van der Waals surface area contributed by atoms with Crippen molar-refractivity contribution in [3.63, 3.8) is 0 Å². The van der Waals surface area contributed by atoms with Gasteiger partial charge in [-0.05, 0) is 45.0 Å². The van der Waals surface area contributed by atoms with Crippen LogP contribution in [-0.2, 0) is 16.8 Å². The number of carboxylic acid groups (broad SMARTS) is 1. The normalized spacial score (nSPS) is 17.7. The molecule has 6 heteroatoms. The standard InChI is InChI=1S/C23H26ClNO4/c1-16-2-5-20(24)17(12-16)14-28-18-3-4-19-21(13-18)29-15-23(19)7-10-25(11-8-23)9-6-22(26)27/h2-5,12-13H,6-11,14-15H2,1H3,(H,26,27). The van der Waals surface area contributed by atoms with Gasteiger partial charge in [0.1, 0.15) is 18.1 Å². The molecule has 154 valence electrons. The largest absolute Gasteiger partial charge is 0.492 e. The summed E-state index contributed by atoms with van der Waals surface area (Å²) in [6.45, 7) is 5.56. The molecule has 0 atom stereocenters. The number of aliphatic carboxylic acids is 1. The molecular weight excluding hydrogens is 390 g/mol. The van der Waals surface area contributed by atoms with Crippen molar-refractivity contribution >= 4 is 17.6 Å². The van der Waals surface area contributed by atoms with Crippen molar-refractivity contribution in [3.05, 3.63) is 58.1 Å². The van der Waals surface area contributed by atoms with Gasteiger partial charge in [0.05, 0.1) is 13.0 Å². The third-order valence-electron chi connectivity index (χ3n) is 6.08. The number of piperidine rings is 1. The van der Waals surface area contributed by atoms with Gasteiger partial charge in [0, 0.05) is 34.2 Å². The van der Waals surface area contributed by atoms with E-state index in [9.17, 15) is 4.79 Å². The molecule has 5 nitrogen and oxygen atoms in total. The number of nitrogens with zero attached hydrogens (tertiary/aromatic N) is 1. The number of halogens is 1. The van der Waals surface area contributed by atoms with E-state index in [4.69, 9.17) is 26.2 Å². The Morgan fingerprint density at radius 1 is 1.24 bits per heavy atom. The Balaban J connectivity index is 1.40. The number of carboxylic acids is 1. The van der Waals surface area contributed by atoms with Crippen molar-refractivity contribution in [2.75, 3.05) is 26.2 Å². The highest BCUT2D eigenvalue weighted by atomic mass is 35.5. The number of hydrogen-bond acceptors (Lipinski definition) is 4. The van der Waals surface area contributed by atoms with Crippen LogP contribution in [-0.4, -0.2) is 42.2 Å². The lowest BCUT2D eigenvalue weighted by Crippen LogP contribution is -2.44. The first-order chi connectivity index (χ1) is 13.9. The van der Waals surface area contributed by atoms with Gasteiger partial charge >= 0.3 is 5.97 Å². The van der Waals surface area contributed by atoms with Gasteiger partial charge in [0.15, 0.2) is 0 Å². The molecule has 0 saturated carbocycles. The van der Waals surface area contributed by atoms with Crippen molar-refractivity contribution in [3.8, 4) is 11.5 Å². The van der Waals surface area contributed by atoms with Crippen LogP contribution in [0, 0.1) is 6.92 Å². The topological polar surface area (TPSA) is 59.0 Å². The number of rotatable bonds is 6. The molecule has 29 heavy (non-hydrogen) atoms. The minimum absolute atomic E-state index is 0.0352. The number of ether oxygens (including phenoxy) is 2. The molecule has 0 amide bonds. The van der Waals surface area contributed by atoms with E-state index in [1.165, 1.54) is 5.56 Å². The summed E-state index contributed by atoms with van der Waals surface area (Å²) in [4.78, 5) is 13.0. The summed E-state index contributed by atoms with van der Waals surface area (Å²) in [5.74, 6) is 0.938. The summed E-state index contributed by atoms with van der Waals surface area (Å²) in [6, 6.07) is 12.0. The van der Waals surface area contributed by atoms with Gasteiger partial charge in [-0.15, -0.1) is 0 Å². The van der Waals surface area contributed by atoms with E-state index in [1.807, 2.05) is 37.3 Å². The number of benzene rings is 2. The second kappa shape index (κ2) is 8.25. The summed E-state index contributed by atoms with van der Waals surface area (Å²) in [5.41, 5.74) is 3.41. The highest BCUT2D eigenvalue weighted by molar-refractivity contribution is 6.31. The molecule has 0 radical (unpaired) electrons. The second-order valence-electron chi connectivity index (χ2n) is 8.10. The molecule has 2 aromatic rings. The Morgan fingerprint density at radius 3 is 2.79 bits per heavy atom. The lowest BCUT2D eigenvalue weighted by molar-refractivity contribution is -0.137. The highest BCUT2D eigenvalue weighted by Crippen LogP contribution is 2.46. The fourth-order valence-corrected chi connectivity index (χ4v) is 4.46. The van der Waals surface area contributed by atoms with Gasteiger partial charge in [-0.2, -0.15) is 0 Å². The van der Waals surface area contributed by atoms with E-state index in [1.54, 1.807) is 0 Å². The monoisotopic (exact) mass is 415 g/mol. The molecule has 1 saturated heterocycles.